The number of rotatable bonds is 11. The minimum absolute atomic E-state index is 0.0646. The molecule has 0 aliphatic carbocycles. The van der Waals surface area contributed by atoms with Crippen molar-refractivity contribution in [3.05, 3.63) is 112 Å². The predicted octanol–water partition coefficient (Wildman–Crippen LogP) is 5.58. The van der Waals surface area contributed by atoms with Gasteiger partial charge >= 0.3 is 5.69 Å². The summed E-state index contributed by atoms with van der Waals surface area (Å²) in [5.41, 5.74) is 3.66. The topological polar surface area (TPSA) is 105 Å². The van der Waals surface area contributed by atoms with E-state index >= 15 is 0 Å². The standard InChI is InChI=1S/C35H38Cl2N8O4/c1-3-25(2)45-34(46)44(24-40-45)29-7-5-27(6-8-29)42-14-16-43(17-15-42)28-9-11-30(12-10-28)47-19-31-20-48-35(49-31,21-41-22-38-39-23-41)32-13-4-26(36)18-33(32)37/h4-13,18,22-25,31H,3,14-17,19-21H2,1-2H3/t25?,31-,35-/m0/s1. The lowest BCUT2D eigenvalue weighted by Gasteiger charge is -2.37. The molecule has 12 nitrogen and oxygen atoms in total. The highest BCUT2D eigenvalue weighted by atomic mass is 35.5. The molecule has 0 bridgehead atoms. The first kappa shape index (κ1) is 33.2. The van der Waals surface area contributed by atoms with Crippen molar-refractivity contribution in [2.75, 3.05) is 49.2 Å². The second-order valence-electron chi connectivity index (χ2n) is 12.3. The van der Waals surface area contributed by atoms with Crippen molar-refractivity contribution < 1.29 is 14.2 Å². The Labute approximate surface area is 294 Å². The van der Waals surface area contributed by atoms with Crippen molar-refractivity contribution in [3.8, 4) is 11.4 Å². The molecule has 2 aliphatic heterocycles. The van der Waals surface area contributed by atoms with Crippen LogP contribution >= 0.6 is 23.2 Å². The van der Waals surface area contributed by atoms with Crippen molar-refractivity contribution in [1.82, 2.24) is 29.1 Å². The molecule has 0 saturated carbocycles. The zero-order chi connectivity index (χ0) is 34.0. The Morgan fingerprint density at radius 1 is 0.898 bits per heavy atom. The predicted molar refractivity (Wildman–Crippen MR) is 188 cm³/mol. The number of halogens is 2. The molecule has 0 spiro atoms. The summed E-state index contributed by atoms with van der Waals surface area (Å²) in [5, 5.41) is 13.1. The fourth-order valence-electron chi connectivity index (χ4n) is 6.26. The van der Waals surface area contributed by atoms with E-state index in [-0.39, 0.29) is 17.8 Å². The summed E-state index contributed by atoms with van der Waals surface area (Å²) in [6.45, 7) is 8.54. The van der Waals surface area contributed by atoms with E-state index in [1.54, 1.807) is 40.2 Å². The van der Waals surface area contributed by atoms with Crippen molar-refractivity contribution in [2.24, 2.45) is 0 Å². The molecule has 2 saturated heterocycles. The van der Waals surface area contributed by atoms with E-state index in [4.69, 9.17) is 37.4 Å². The van der Waals surface area contributed by atoms with Gasteiger partial charge in [-0.2, -0.15) is 5.10 Å². The summed E-state index contributed by atoms with van der Waals surface area (Å²) in [7, 11) is 0. The van der Waals surface area contributed by atoms with E-state index in [1.165, 1.54) is 4.68 Å². The first-order valence-electron chi connectivity index (χ1n) is 16.4. The number of benzene rings is 3. The first-order chi connectivity index (χ1) is 23.8. The Morgan fingerprint density at radius 3 is 2.16 bits per heavy atom. The fraction of sp³-hybridized carbons (Fsp3) is 0.371. The number of aromatic nitrogens is 6. The van der Waals surface area contributed by atoms with E-state index < -0.39 is 5.79 Å². The van der Waals surface area contributed by atoms with Crippen molar-refractivity contribution >= 4 is 34.6 Å². The van der Waals surface area contributed by atoms with Crippen LogP contribution in [0.4, 0.5) is 11.4 Å². The monoisotopic (exact) mass is 704 g/mol. The SMILES string of the molecule is CCC(C)n1ncn(-c2ccc(N3CCN(c4ccc(OC[C@H]5CO[C@](Cn6cnnc6)(c6ccc(Cl)cc6Cl)O5)cc4)CC3)cc2)c1=O. The van der Waals surface area contributed by atoms with Gasteiger partial charge in [-0.1, -0.05) is 36.2 Å². The summed E-state index contributed by atoms with van der Waals surface area (Å²) >= 11 is 12.7. The molecule has 0 radical (unpaired) electrons. The number of anilines is 2. The Kier molecular flexibility index (Phi) is 9.64. The van der Waals surface area contributed by atoms with Crippen molar-refractivity contribution in [3.63, 3.8) is 0 Å². The van der Waals surface area contributed by atoms with Crippen LogP contribution in [0.5, 0.6) is 5.75 Å². The van der Waals surface area contributed by atoms with Crippen LogP contribution in [0.15, 0.2) is 90.5 Å². The number of piperazine rings is 1. The van der Waals surface area contributed by atoms with Gasteiger partial charge in [-0.25, -0.2) is 14.0 Å². The first-order valence-corrected chi connectivity index (χ1v) is 17.2. The van der Waals surface area contributed by atoms with E-state index in [0.29, 0.717) is 35.4 Å². The Morgan fingerprint density at radius 2 is 1.53 bits per heavy atom. The van der Waals surface area contributed by atoms with Crippen LogP contribution in [0.3, 0.4) is 0 Å². The molecule has 3 atom stereocenters. The van der Waals surface area contributed by atoms with Gasteiger partial charge in [0.05, 0.1) is 29.9 Å². The average molecular weight is 706 g/mol. The van der Waals surface area contributed by atoms with Gasteiger partial charge in [0.25, 0.3) is 0 Å². The molecule has 7 rings (SSSR count). The largest absolute Gasteiger partial charge is 0.491 e. The molecule has 0 N–H and O–H groups in total. The summed E-state index contributed by atoms with van der Waals surface area (Å²) in [4.78, 5) is 17.5. The van der Waals surface area contributed by atoms with Crippen LogP contribution in [-0.4, -0.2) is 74.6 Å². The Bertz CT molecular complexity index is 1910. The smallest absolute Gasteiger partial charge is 0.350 e. The molecule has 0 amide bonds. The molecular formula is C35H38Cl2N8O4. The third kappa shape index (κ3) is 7.04. The third-order valence-corrected chi connectivity index (χ3v) is 9.72. The third-order valence-electron chi connectivity index (χ3n) is 9.17. The van der Waals surface area contributed by atoms with Crippen LogP contribution in [0.2, 0.25) is 10.0 Å². The zero-order valence-corrected chi connectivity index (χ0v) is 28.9. The molecule has 49 heavy (non-hydrogen) atoms. The molecule has 2 aliphatic rings. The highest BCUT2D eigenvalue weighted by Gasteiger charge is 2.45. The van der Waals surface area contributed by atoms with Gasteiger partial charge in [0.2, 0.25) is 5.79 Å². The normalized spacial score (nSPS) is 20.1. The molecule has 2 aromatic heterocycles. The van der Waals surface area contributed by atoms with Gasteiger partial charge < -0.3 is 28.6 Å². The summed E-state index contributed by atoms with van der Waals surface area (Å²) in [6, 6.07) is 21.6. The lowest BCUT2D eigenvalue weighted by molar-refractivity contribution is -0.189. The number of hydrogen-bond donors (Lipinski definition) is 0. The maximum Gasteiger partial charge on any atom is 0.350 e. The lowest BCUT2D eigenvalue weighted by atomic mass is 10.1. The van der Waals surface area contributed by atoms with E-state index in [0.717, 1.165) is 55.4 Å². The number of ether oxygens (including phenoxy) is 3. The molecule has 256 valence electrons. The molecular weight excluding hydrogens is 667 g/mol. The van der Waals surface area contributed by atoms with E-state index in [2.05, 4.69) is 49.4 Å². The van der Waals surface area contributed by atoms with Gasteiger partial charge in [-0.15, -0.1) is 10.2 Å². The number of hydrogen-bond acceptors (Lipinski definition) is 9. The van der Waals surface area contributed by atoms with E-state index in [1.807, 2.05) is 44.2 Å². The van der Waals surface area contributed by atoms with Crippen molar-refractivity contribution in [2.45, 2.75) is 44.7 Å². The minimum Gasteiger partial charge on any atom is -0.491 e. The van der Waals surface area contributed by atoms with Crippen LogP contribution in [0.25, 0.3) is 5.69 Å². The lowest BCUT2D eigenvalue weighted by Crippen LogP contribution is -2.46. The molecule has 5 aromatic rings. The van der Waals surface area contributed by atoms with Gasteiger partial charge in [0, 0.05) is 48.1 Å². The maximum absolute atomic E-state index is 12.8. The van der Waals surface area contributed by atoms with E-state index in [9.17, 15) is 4.79 Å². The van der Waals surface area contributed by atoms with Gasteiger partial charge in [-0.05, 0) is 74.0 Å². The molecule has 2 fully saturated rings. The molecule has 3 aromatic carbocycles. The molecule has 1 unspecified atom stereocenters. The molecule has 14 heteroatoms. The summed E-state index contributed by atoms with van der Waals surface area (Å²) in [5.74, 6) is -0.385. The highest BCUT2D eigenvalue weighted by Crippen LogP contribution is 2.40. The second kappa shape index (κ2) is 14.2. The number of nitrogens with zero attached hydrogens (tertiary/aromatic N) is 8. The average Bonchev–Trinajstić information content (AvgIpc) is 3.88. The minimum atomic E-state index is -1.14. The quantitative estimate of drug-likeness (QED) is 0.174. The Balaban J connectivity index is 0.925. The van der Waals surface area contributed by atoms with Crippen LogP contribution in [0.1, 0.15) is 31.9 Å². The molecule has 4 heterocycles. The van der Waals surface area contributed by atoms with Crippen molar-refractivity contribution in [1.29, 1.82) is 0 Å². The fourth-order valence-corrected chi connectivity index (χ4v) is 6.81. The zero-order valence-electron chi connectivity index (χ0n) is 27.4. The second-order valence-corrected chi connectivity index (χ2v) is 13.2. The van der Waals surface area contributed by atoms with Gasteiger partial charge in [-0.3, -0.25) is 0 Å². The van der Waals surface area contributed by atoms with Gasteiger partial charge in [0.15, 0.2) is 0 Å². The summed E-state index contributed by atoms with van der Waals surface area (Å²) in [6.07, 6.45) is 5.34. The van der Waals surface area contributed by atoms with Crippen LogP contribution < -0.4 is 20.2 Å². The van der Waals surface area contributed by atoms with Gasteiger partial charge in [0.1, 0.15) is 37.4 Å². The highest BCUT2D eigenvalue weighted by molar-refractivity contribution is 6.35. The maximum atomic E-state index is 12.8. The van der Waals surface area contributed by atoms with Crippen LogP contribution in [0, 0.1) is 0 Å². The summed E-state index contributed by atoms with van der Waals surface area (Å²) < 4.78 is 23.8. The van der Waals surface area contributed by atoms with Crippen LogP contribution in [-0.2, 0) is 21.8 Å². The Hall–Kier alpha value is -4.36.